The van der Waals surface area contributed by atoms with E-state index in [1.165, 1.54) is 5.56 Å². The Bertz CT molecular complexity index is 271. The van der Waals surface area contributed by atoms with Crippen LogP contribution >= 0.6 is 0 Å². The molecule has 3 nitrogen and oxygen atoms in total. The van der Waals surface area contributed by atoms with Gasteiger partial charge in [-0.05, 0) is 50.0 Å². The molecule has 1 unspecified atom stereocenters. The van der Waals surface area contributed by atoms with Crippen molar-refractivity contribution in [1.82, 2.24) is 0 Å². The summed E-state index contributed by atoms with van der Waals surface area (Å²) >= 11 is 0. The molecule has 0 radical (unpaired) electrons. The van der Waals surface area contributed by atoms with Crippen molar-refractivity contribution >= 4 is 0 Å². The smallest absolute Gasteiger partial charge is 0.119 e. The molecule has 0 amide bonds. The number of hydrogen-bond acceptors (Lipinski definition) is 3. The maximum Gasteiger partial charge on any atom is 0.119 e. The van der Waals surface area contributed by atoms with Gasteiger partial charge in [0, 0.05) is 0 Å². The van der Waals surface area contributed by atoms with E-state index >= 15 is 0 Å². The van der Waals surface area contributed by atoms with E-state index in [0.29, 0.717) is 25.6 Å². The predicted molar refractivity (Wildman–Crippen MR) is 63.1 cm³/mol. The molecule has 1 aromatic carbocycles. The molecule has 0 heterocycles. The van der Waals surface area contributed by atoms with E-state index in [2.05, 4.69) is 12.1 Å². The summed E-state index contributed by atoms with van der Waals surface area (Å²) in [5, 5.41) is 0. The van der Waals surface area contributed by atoms with E-state index in [1.54, 1.807) is 0 Å². The zero-order valence-electron chi connectivity index (χ0n) is 9.28. The molecule has 15 heavy (non-hydrogen) atoms. The van der Waals surface area contributed by atoms with E-state index in [4.69, 9.17) is 16.2 Å². The first kappa shape index (κ1) is 12.0. The van der Waals surface area contributed by atoms with Crippen LogP contribution in [0.25, 0.3) is 0 Å². The minimum absolute atomic E-state index is 0.366. The molecule has 1 aromatic rings. The van der Waals surface area contributed by atoms with Gasteiger partial charge in [-0.1, -0.05) is 12.1 Å². The fourth-order valence-corrected chi connectivity index (χ4v) is 1.62. The van der Waals surface area contributed by atoms with Crippen LogP contribution < -0.4 is 16.2 Å². The highest BCUT2D eigenvalue weighted by Gasteiger charge is 2.08. The number of rotatable bonds is 6. The van der Waals surface area contributed by atoms with Gasteiger partial charge in [0.15, 0.2) is 0 Å². The summed E-state index contributed by atoms with van der Waals surface area (Å²) in [7, 11) is 0. The van der Waals surface area contributed by atoms with Gasteiger partial charge in [-0.25, -0.2) is 0 Å². The Balaban J connectivity index is 2.68. The number of nitrogens with two attached hydrogens (primary N) is 2. The second-order valence-corrected chi connectivity index (χ2v) is 3.51. The van der Waals surface area contributed by atoms with Crippen LogP contribution in [0.1, 0.15) is 24.8 Å². The molecular formula is C12H20N2O. The van der Waals surface area contributed by atoms with Gasteiger partial charge >= 0.3 is 0 Å². The molecule has 0 saturated heterocycles. The Labute approximate surface area is 91.4 Å². The van der Waals surface area contributed by atoms with Crippen molar-refractivity contribution in [3.63, 3.8) is 0 Å². The van der Waals surface area contributed by atoms with Gasteiger partial charge in [-0.2, -0.15) is 0 Å². The summed E-state index contributed by atoms with van der Waals surface area (Å²) in [6.45, 7) is 3.99. The molecule has 0 aliphatic carbocycles. The van der Waals surface area contributed by atoms with Gasteiger partial charge in [0.25, 0.3) is 0 Å². The van der Waals surface area contributed by atoms with Gasteiger partial charge in [0.05, 0.1) is 6.61 Å². The maximum absolute atomic E-state index is 5.70. The average Bonchev–Trinajstić information content (AvgIpc) is 2.28. The van der Waals surface area contributed by atoms with Crippen molar-refractivity contribution in [2.75, 3.05) is 19.7 Å². The van der Waals surface area contributed by atoms with Crippen LogP contribution in [0.3, 0.4) is 0 Å². The first-order chi connectivity index (χ1) is 7.31. The van der Waals surface area contributed by atoms with E-state index in [0.717, 1.165) is 12.2 Å². The third kappa shape index (κ3) is 3.53. The molecule has 0 bridgehead atoms. The summed E-state index contributed by atoms with van der Waals surface area (Å²) in [6, 6.07) is 8.10. The van der Waals surface area contributed by atoms with Crippen LogP contribution in [0.4, 0.5) is 0 Å². The van der Waals surface area contributed by atoms with E-state index in [1.807, 2.05) is 19.1 Å². The molecule has 0 spiro atoms. The Morgan fingerprint density at radius 1 is 1.20 bits per heavy atom. The minimum Gasteiger partial charge on any atom is -0.494 e. The molecule has 84 valence electrons. The third-order valence-electron chi connectivity index (χ3n) is 2.46. The highest BCUT2D eigenvalue weighted by Crippen LogP contribution is 2.21. The Morgan fingerprint density at radius 2 is 1.87 bits per heavy atom. The number of benzene rings is 1. The molecule has 0 aromatic heterocycles. The Kier molecular flexibility index (Phi) is 5.15. The molecule has 0 saturated carbocycles. The molecule has 3 heteroatoms. The molecule has 1 rings (SSSR count). The molecule has 0 aliphatic rings. The van der Waals surface area contributed by atoms with Crippen LogP contribution in [0.5, 0.6) is 5.75 Å². The van der Waals surface area contributed by atoms with E-state index in [9.17, 15) is 0 Å². The topological polar surface area (TPSA) is 61.3 Å². The molecule has 0 aliphatic heterocycles. The lowest BCUT2D eigenvalue weighted by Gasteiger charge is -2.14. The van der Waals surface area contributed by atoms with E-state index in [-0.39, 0.29) is 0 Å². The summed E-state index contributed by atoms with van der Waals surface area (Å²) in [6.07, 6.45) is 0.935. The standard InChI is InChI=1S/C12H20N2O/c1-2-15-12-5-3-10(4-6-12)11(9-14)7-8-13/h3-6,11H,2,7-9,13-14H2,1H3. The molecule has 0 fully saturated rings. The van der Waals surface area contributed by atoms with Gasteiger partial charge in [0.2, 0.25) is 0 Å². The maximum atomic E-state index is 5.70. The lowest BCUT2D eigenvalue weighted by atomic mass is 9.96. The number of ether oxygens (including phenoxy) is 1. The van der Waals surface area contributed by atoms with Crippen molar-refractivity contribution in [2.45, 2.75) is 19.3 Å². The van der Waals surface area contributed by atoms with Crippen LogP contribution in [0.2, 0.25) is 0 Å². The van der Waals surface area contributed by atoms with Crippen LogP contribution in [0.15, 0.2) is 24.3 Å². The normalized spacial score (nSPS) is 12.5. The lowest BCUT2D eigenvalue weighted by Crippen LogP contribution is -2.16. The molecular weight excluding hydrogens is 188 g/mol. The van der Waals surface area contributed by atoms with Crippen molar-refractivity contribution in [2.24, 2.45) is 11.5 Å². The second-order valence-electron chi connectivity index (χ2n) is 3.51. The highest BCUT2D eigenvalue weighted by molar-refractivity contribution is 5.29. The number of hydrogen-bond donors (Lipinski definition) is 2. The molecule has 1 atom stereocenters. The van der Waals surface area contributed by atoms with E-state index < -0.39 is 0 Å². The first-order valence-corrected chi connectivity index (χ1v) is 5.44. The van der Waals surface area contributed by atoms with Gasteiger partial charge in [-0.15, -0.1) is 0 Å². The summed E-state index contributed by atoms with van der Waals surface area (Å²) in [4.78, 5) is 0. The van der Waals surface area contributed by atoms with Gasteiger partial charge in [0.1, 0.15) is 5.75 Å². The Hall–Kier alpha value is -1.06. The van der Waals surface area contributed by atoms with Crippen molar-refractivity contribution in [3.05, 3.63) is 29.8 Å². The summed E-state index contributed by atoms with van der Waals surface area (Å²) < 4.78 is 5.38. The lowest BCUT2D eigenvalue weighted by molar-refractivity contribution is 0.340. The van der Waals surface area contributed by atoms with Gasteiger partial charge in [-0.3, -0.25) is 0 Å². The molecule has 4 N–H and O–H groups in total. The largest absolute Gasteiger partial charge is 0.494 e. The average molecular weight is 208 g/mol. The fraction of sp³-hybridized carbons (Fsp3) is 0.500. The first-order valence-electron chi connectivity index (χ1n) is 5.44. The fourth-order valence-electron chi connectivity index (χ4n) is 1.62. The zero-order chi connectivity index (χ0) is 11.1. The SMILES string of the molecule is CCOc1ccc(C(CN)CCN)cc1. The zero-order valence-corrected chi connectivity index (χ0v) is 9.28. The van der Waals surface area contributed by atoms with Crippen molar-refractivity contribution < 1.29 is 4.74 Å². The highest BCUT2D eigenvalue weighted by atomic mass is 16.5. The Morgan fingerprint density at radius 3 is 2.33 bits per heavy atom. The quantitative estimate of drug-likeness (QED) is 0.744. The summed E-state index contributed by atoms with van der Waals surface area (Å²) in [5.74, 6) is 1.27. The van der Waals surface area contributed by atoms with Crippen LogP contribution in [-0.4, -0.2) is 19.7 Å². The third-order valence-corrected chi connectivity index (χ3v) is 2.46. The summed E-state index contributed by atoms with van der Waals surface area (Å²) in [5.41, 5.74) is 12.5. The second kappa shape index (κ2) is 6.43. The minimum atomic E-state index is 0.366. The van der Waals surface area contributed by atoms with Crippen LogP contribution in [0, 0.1) is 0 Å². The van der Waals surface area contributed by atoms with Crippen LogP contribution in [-0.2, 0) is 0 Å². The predicted octanol–water partition coefficient (Wildman–Crippen LogP) is 1.48. The van der Waals surface area contributed by atoms with Gasteiger partial charge < -0.3 is 16.2 Å². The van der Waals surface area contributed by atoms with Crippen molar-refractivity contribution in [1.29, 1.82) is 0 Å². The monoisotopic (exact) mass is 208 g/mol. The van der Waals surface area contributed by atoms with Crippen molar-refractivity contribution in [3.8, 4) is 5.75 Å².